The SMILES string of the molecule is Cc1cc(F)c(OCC2COC(c3ccc(OC(F)(F)F)cc3)OC2)c(F)c1. The fourth-order valence-electron chi connectivity index (χ4n) is 2.68. The lowest BCUT2D eigenvalue weighted by Gasteiger charge is -2.29. The van der Waals surface area contributed by atoms with E-state index in [1.165, 1.54) is 24.3 Å². The smallest absolute Gasteiger partial charge is 0.487 e. The van der Waals surface area contributed by atoms with E-state index in [1.807, 2.05) is 0 Å². The molecule has 1 heterocycles. The molecule has 0 unspecified atom stereocenters. The third-order valence-corrected chi connectivity index (χ3v) is 3.96. The predicted octanol–water partition coefficient (Wildman–Crippen LogP) is 4.91. The number of rotatable bonds is 5. The summed E-state index contributed by atoms with van der Waals surface area (Å²) in [7, 11) is 0. The minimum atomic E-state index is -4.76. The largest absolute Gasteiger partial charge is 0.573 e. The highest BCUT2D eigenvalue weighted by Crippen LogP contribution is 2.29. The van der Waals surface area contributed by atoms with Crippen molar-refractivity contribution in [2.45, 2.75) is 19.6 Å². The van der Waals surface area contributed by atoms with Crippen LogP contribution in [-0.4, -0.2) is 26.2 Å². The third kappa shape index (κ3) is 5.32. The number of aryl methyl sites for hydroxylation is 1. The first-order valence-electron chi connectivity index (χ1n) is 8.38. The molecule has 0 aliphatic carbocycles. The Morgan fingerprint density at radius 2 is 1.57 bits per heavy atom. The molecule has 2 aromatic carbocycles. The Hall–Kier alpha value is -2.39. The van der Waals surface area contributed by atoms with E-state index in [-0.39, 0.29) is 31.5 Å². The highest BCUT2D eigenvalue weighted by molar-refractivity contribution is 5.30. The summed E-state index contributed by atoms with van der Waals surface area (Å²) in [6.45, 7) is 1.95. The average Bonchev–Trinajstić information content (AvgIpc) is 2.61. The van der Waals surface area contributed by atoms with Crippen molar-refractivity contribution < 1.29 is 40.9 Å². The second-order valence-corrected chi connectivity index (χ2v) is 6.35. The van der Waals surface area contributed by atoms with Gasteiger partial charge in [-0.15, -0.1) is 13.2 Å². The average molecular weight is 404 g/mol. The van der Waals surface area contributed by atoms with Crippen LogP contribution in [0.2, 0.25) is 0 Å². The van der Waals surface area contributed by atoms with Gasteiger partial charge in [0.05, 0.1) is 19.8 Å². The van der Waals surface area contributed by atoms with Crippen LogP contribution in [-0.2, 0) is 9.47 Å². The molecule has 28 heavy (non-hydrogen) atoms. The molecule has 152 valence electrons. The molecule has 1 aliphatic rings. The van der Waals surface area contributed by atoms with Crippen LogP contribution in [0.25, 0.3) is 0 Å². The van der Waals surface area contributed by atoms with Crippen molar-refractivity contribution in [3.63, 3.8) is 0 Å². The van der Waals surface area contributed by atoms with Gasteiger partial charge in [-0.1, -0.05) is 12.1 Å². The molecule has 1 fully saturated rings. The summed E-state index contributed by atoms with van der Waals surface area (Å²) in [4.78, 5) is 0. The van der Waals surface area contributed by atoms with E-state index in [0.29, 0.717) is 11.1 Å². The van der Waals surface area contributed by atoms with E-state index in [9.17, 15) is 22.0 Å². The van der Waals surface area contributed by atoms with Gasteiger partial charge in [0, 0.05) is 11.5 Å². The van der Waals surface area contributed by atoms with Crippen molar-refractivity contribution in [3.8, 4) is 11.5 Å². The van der Waals surface area contributed by atoms with E-state index >= 15 is 0 Å². The first kappa shape index (κ1) is 20.3. The van der Waals surface area contributed by atoms with Gasteiger partial charge in [-0.2, -0.15) is 0 Å². The highest BCUT2D eigenvalue weighted by Gasteiger charge is 2.31. The first-order valence-corrected chi connectivity index (χ1v) is 8.38. The fourth-order valence-corrected chi connectivity index (χ4v) is 2.68. The second-order valence-electron chi connectivity index (χ2n) is 6.35. The van der Waals surface area contributed by atoms with E-state index in [4.69, 9.17) is 14.2 Å². The molecule has 0 aromatic heterocycles. The van der Waals surface area contributed by atoms with Gasteiger partial charge >= 0.3 is 6.36 Å². The Balaban J connectivity index is 1.51. The molecule has 1 saturated heterocycles. The maximum Gasteiger partial charge on any atom is 0.573 e. The highest BCUT2D eigenvalue weighted by atomic mass is 19.4. The Labute approximate surface area is 157 Å². The standard InChI is InChI=1S/C19H17F5O4/c1-11-6-15(20)17(16(21)7-11)25-8-12-9-26-18(27-10-12)13-2-4-14(5-3-13)28-19(22,23)24/h2-7,12,18H,8-10H2,1H3. The Kier molecular flexibility index (Phi) is 6.04. The van der Waals surface area contributed by atoms with Crippen LogP contribution in [0, 0.1) is 24.5 Å². The molecule has 0 N–H and O–H groups in total. The summed E-state index contributed by atoms with van der Waals surface area (Å²) >= 11 is 0. The first-order chi connectivity index (χ1) is 13.2. The summed E-state index contributed by atoms with van der Waals surface area (Å²) < 4.78 is 84.2. The molecule has 0 bridgehead atoms. The Bertz CT molecular complexity index is 776. The number of hydrogen-bond acceptors (Lipinski definition) is 4. The fraction of sp³-hybridized carbons (Fsp3) is 0.368. The molecule has 9 heteroatoms. The molecule has 0 saturated carbocycles. The van der Waals surface area contributed by atoms with E-state index in [0.717, 1.165) is 12.1 Å². The molecular weight excluding hydrogens is 387 g/mol. The molecule has 1 aliphatic heterocycles. The zero-order valence-electron chi connectivity index (χ0n) is 14.8. The van der Waals surface area contributed by atoms with Gasteiger partial charge in [-0.3, -0.25) is 0 Å². The van der Waals surface area contributed by atoms with Gasteiger partial charge in [0.25, 0.3) is 0 Å². The molecule has 0 radical (unpaired) electrons. The van der Waals surface area contributed by atoms with Crippen LogP contribution in [0.5, 0.6) is 11.5 Å². The van der Waals surface area contributed by atoms with Crippen molar-refractivity contribution in [1.29, 1.82) is 0 Å². The van der Waals surface area contributed by atoms with Crippen LogP contribution in [0.4, 0.5) is 22.0 Å². The Morgan fingerprint density at radius 1 is 1.00 bits per heavy atom. The van der Waals surface area contributed by atoms with Crippen LogP contribution in [0.3, 0.4) is 0 Å². The zero-order chi connectivity index (χ0) is 20.3. The molecular formula is C19H17F5O4. The van der Waals surface area contributed by atoms with Gasteiger partial charge in [0.15, 0.2) is 23.7 Å². The Morgan fingerprint density at radius 3 is 2.11 bits per heavy atom. The lowest BCUT2D eigenvalue weighted by Crippen LogP contribution is -2.31. The van der Waals surface area contributed by atoms with Crippen LogP contribution >= 0.6 is 0 Å². The van der Waals surface area contributed by atoms with Gasteiger partial charge in [-0.25, -0.2) is 8.78 Å². The number of hydrogen-bond donors (Lipinski definition) is 0. The third-order valence-electron chi connectivity index (χ3n) is 3.96. The van der Waals surface area contributed by atoms with Crippen LogP contribution < -0.4 is 9.47 Å². The van der Waals surface area contributed by atoms with Gasteiger partial charge in [-0.05, 0) is 36.8 Å². The van der Waals surface area contributed by atoms with E-state index < -0.39 is 30.0 Å². The molecule has 0 atom stereocenters. The number of alkyl halides is 3. The number of ether oxygens (including phenoxy) is 4. The number of halogens is 5. The van der Waals surface area contributed by atoms with Crippen molar-refractivity contribution in [3.05, 3.63) is 59.2 Å². The normalized spacial score (nSPS) is 20.1. The monoisotopic (exact) mass is 404 g/mol. The quantitative estimate of drug-likeness (QED) is 0.664. The van der Waals surface area contributed by atoms with Crippen molar-refractivity contribution in [2.75, 3.05) is 19.8 Å². The summed E-state index contributed by atoms with van der Waals surface area (Å²) in [5.74, 6) is -2.62. The molecule has 0 amide bonds. The summed E-state index contributed by atoms with van der Waals surface area (Å²) in [6.07, 6.45) is -5.52. The van der Waals surface area contributed by atoms with Crippen molar-refractivity contribution in [1.82, 2.24) is 0 Å². The number of benzene rings is 2. The van der Waals surface area contributed by atoms with Crippen molar-refractivity contribution in [2.24, 2.45) is 5.92 Å². The van der Waals surface area contributed by atoms with Crippen LogP contribution in [0.1, 0.15) is 17.4 Å². The lowest BCUT2D eigenvalue weighted by atomic mass is 10.1. The second kappa shape index (κ2) is 8.32. The molecule has 3 rings (SSSR count). The predicted molar refractivity (Wildman–Crippen MR) is 87.9 cm³/mol. The summed E-state index contributed by atoms with van der Waals surface area (Å²) in [5.41, 5.74) is 0.964. The summed E-state index contributed by atoms with van der Waals surface area (Å²) in [5, 5.41) is 0. The van der Waals surface area contributed by atoms with Gasteiger partial charge in [0.1, 0.15) is 5.75 Å². The minimum Gasteiger partial charge on any atom is -0.487 e. The molecule has 4 nitrogen and oxygen atoms in total. The lowest BCUT2D eigenvalue weighted by molar-refractivity contribution is -0.274. The van der Waals surface area contributed by atoms with Crippen LogP contribution in [0.15, 0.2) is 36.4 Å². The maximum atomic E-state index is 13.8. The van der Waals surface area contributed by atoms with Gasteiger partial charge < -0.3 is 18.9 Å². The zero-order valence-corrected chi connectivity index (χ0v) is 14.8. The van der Waals surface area contributed by atoms with E-state index in [2.05, 4.69) is 4.74 Å². The minimum absolute atomic E-state index is 0.0119. The topological polar surface area (TPSA) is 36.9 Å². The van der Waals surface area contributed by atoms with Gasteiger partial charge in [0.2, 0.25) is 0 Å². The molecule has 2 aromatic rings. The van der Waals surface area contributed by atoms with E-state index in [1.54, 1.807) is 6.92 Å². The summed E-state index contributed by atoms with van der Waals surface area (Å²) in [6, 6.07) is 7.48. The van der Waals surface area contributed by atoms with Crippen molar-refractivity contribution >= 4 is 0 Å². The molecule has 0 spiro atoms. The maximum absolute atomic E-state index is 13.8.